The van der Waals surface area contributed by atoms with Crippen molar-refractivity contribution in [2.75, 3.05) is 0 Å². The fourth-order valence-corrected chi connectivity index (χ4v) is 1.99. The van der Waals surface area contributed by atoms with Crippen LogP contribution in [0.2, 0.25) is 0 Å². The van der Waals surface area contributed by atoms with Crippen molar-refractivity contribution in [2.24, 2.45) is 23.0 Å². The first-order chi connectivity index (χ1) is 3.98. The summed E-state index contributed by atoms with van der Waals surface area (Å²) in [7, 11) is 0. The van der Waals surface area contributed by atoms with Crippen LogP contribution < -0.4 is 5.73 Å². The highest BCUT2D eigenvalue weighted by molar-refractivity contribution is 5.09. The van der Waals surface area contributed by atoms with Crippen LogP contribution in [-0.2, 0) is 0 Å². The first kappa shape index (κ1) is 7.07. The predicted octanol–water partition coefficient (Wildman–Crippen LogP) is 1.63. The summed E-state index contributed by atoms with van der Waals surface area (Å²) in [5.41, 5.74) is 6.27. The van der Waals surface area contributed by atoms with E-state index in [0.29, 0.717) is 11.5 Å². The van der Waals surface area contributed by atoms with Gasteiger partial charge >= 0.3 is 0 Å². The maximum absolute atomic E-state index is 5.85. The van der Waals surface area contributed by atoms with Gasteiger partial charge in [-0.05, 0) is 17.3 Å². The van der Waals surface area contributed by atoms with Crippen molar-refractivity contribution in [1.82, 2.24) is 0 Å². The van der Waals surface area contributed by atoms with Crippen molar-refractivity contribution in [3.05, 3.63) is 0 Å². The van der Waals surface area contributed by atoms with Gasteiger partial charge < -0.3 is 5.73 Å². The summed E-state index contributed by atoms with van der Waals surface area (Å²) in [5.74, 6) is 1.52. The van der Waals surface area contributed by atoms with Crippen molar-refractivity contribution >= 4 is 0 Å². The Kier molecular flexibility index (Phi) is 1.35. The van der Waals surface area contributed by atoms with Gasteiger partial charge in [0.2, 0.25) is 0 Å². The van der Waals surface area contributed by atoms with E-state index in [4.69, 9.17) is 5.73 Å². The van der Waals surface area contributed by atoms with Crippen molar-refractivity contribution in [3.8, 4) is 0 Å². The van der Waals surface area contributed by atoms with E-state index in [1.807, 2.05) is 0 Å². The second-order valence-corrected chi connectivity index (χ2v) is 4.12. The van der Waals surface area contributed by atoms with Crippen molar-refractivity contribution < 1.29 is 0 Å². The van der Waals surface area contributed by atoms with Gasteiger partial charge in [-0.3, -0.25) is 0 Å². The highest BCUT2D eigenvalue weighted by atomic mass is 14.8. The molecule has 0 aromatic heterocycles. The van der Waals surface area contributed by atoms with Gasteiger partial charge in [0.25, 0.3) is 0 Å². The Bertz CT molecular complexity index is 116. The van der Waals surface area contributed by atoms with E-state index in [1.54, 1.807) is 0 Å². The molecule has 9 heavy (non-hydrogen) atoms. The average molecular weight is 127 g/mol. The summed E-state index contributed by atoms with van der Waals surface area (Å²) in [6.45, 7) is 9.00. The topological polar surface area (TPSA) is 26.0 Å². The lowest BCUT2D eigenvalue weighted by atomic mass is 10.0. The number of nitrogens with two attached hydrogens (primary N) is 1. The van der Waals surface area contributed by atoms with E-state index in [0.717, 1.165) is 11.8 Å². The zero-order valence-corrected chi connectivity index (χ0v) is 6.81. The molecule has 2 atom stereocenters. The van der Waals surface area contributed by atoms with Gasteiger partial charge in [0, 0.05) is 6.04 Å². The molecule has 0 saturated heterocycles. The van der Waals surface area contributed by atoms with Crippen LogP contribution in [-0.4, -0.2) is 6.04 Å². The first-order valence-electron chi connectivity index (χ1n) is 3.73. The summed E-state index contributed by atoms with van der Waals surface area (Å²) in [6.07, 6.45) is 0. The monoisotopic (exact) mass is 127 g/mol. The number of rotatable bonds is 1. The van der Waals surface area contributed by atoms with E-state index >= 15 is 0 Å². The fraction of sp³-hybridized carbons (Fsp3) is 1.00. The SMILES string of the molecule is CC(C)[C@H]1[C@H](N)C1(C)C. The molecular weight excluding hydrogens is 110 g/mol. The Morgan fingerprint density at radius 2 is 1.67 bits per heavy atom. The van der Waals surface area contributed by atoms with Gasteiger partial charge in [0.1, 0.15) is 0 Å². The minimum Gasteiger partial charge on any atom is -0.327 e. The molecule has 0 spiro atoms. The fourth-order valence-electron chi connectivity index (χ4n) is 1.99. The third kappa shape index (κ3) is 0.877. The molecule has 0 heterocycles. The molecule has 54 valence electrons. The highest BCUT2D eigenvalue weighted by Gasteiger charge is 2.56. The second-order valence-electron chi connectivity index (χ2n) is 4.12. The molecule has 1 fully saturated rings. The minimum atomic E-state index is 0.425. The van der Waals surface area contributed by atoms with E-state index < -0.39 is 0 Å². The summed E-state index contributed by atoms with van der Waals surface area (Å²) >= 11 is 0. The van der Waals surface area contributed by atoms with E-state index in [2.05, 4.69) is 27.7 Å². The highest BCUT2D eigenvalue weighted by Crippen LogP contribution is 2.54. The molecule has 0 bridgehead atoms. The summed E-state index contributed by atoms with van der Waals surface area (Å²) < 4.78 is 0. The molecular formula is C8H17N. The third-order valence-electron chi connectivity index (χ3n) is 2.71. The van der Waals surface area contributed by atoms with Crippen LogP contribution >= 0.6 is 0 Å². The van der Waals surface area contributed by atoms with Crippen LogP contribution in [0.5, 0.6) is 0 Å². The largest absolute Gasteiger partial charge is 0.327 e. The molecule has 1 aliphatic rings. The minimum absolute atomic E-state index is 0.425. The van der Waals surface area contributed by atoms with Crippen molar-refractivity contribution in [3.63, 3.8) is 0 Å². The van der Waals surface area contributed by atoms with Crippen LogP contribution in [0.15, 0.2) is 0 Å². The number of hydrogen-bond donors (Lipinski definition) is 1. The predicted molar refractivity (Wildman–Crippen MR) is 40.1 cm³/mol. The average Bonchev–Trinajstić information content (AvgIpc) is 2.07. The lowest BCUT2D eigenvalue weighted by molar-refractivity contribution is 0.451. The van der Waals surface area contributed by atoms with Crippen molar-refractivity contribution in [2.45, 2.75) is 33.7 Å². The molecule has 0 aromatic carbocycles. The van der Waals surface area contributed by atoms with Crippen LogP contribution in [0.3, 0.4) is 0 Å². The molecule has 2 N–H and O–H groups in total. The summed E-state index contributed by atoms with van der Waals surface area (Å²) in [5, 5.41) is 0. The molecule has 0 radical (unpaired) electrons. The third-order valence-corrected chi connectivity index (χ3v) is 2.71. The molecule has 0 aromatic rings. The van der Waals surface area contributed by atoms with Gasteiger partial charge in [-0.2, -0.15) is 0 Å². The van der Waals surface area contributed by atoms with Crippen molar-refractivity contribution in [1.29, 1.82) is 0 Å². The van der Waals surface area contributed by atoms with Crippen LogP contribution in [0.25, 0.3) is 0 Å². The molecule has 1 saturated carbocycles. The van der Waals surface area contributed by atoms with Gasteiger partial charge in [0.05, 0.1) is 0 Å². The second kappa shape index (κ2) is 1.72. The van der Waals surface area contributed by atoms with E-state index in [-0.39, 0.29) is 0 Å². The molecule has 0 unspecified atom stereocenters. The molecule has 0 amide bonds. The molecule has 1 rings (SSSR count). The Balaban J connectivity index is 2.52. The molecule has 0 aliphatic heterocycles. The first-order valence-corrected chi connectivity index (χ1v) is 3.73. The Morgan fingerprint density at radius 3 is 1.67 bits per heavy atom. The van der Waals surface area contributed by atoms with Gasteiger partial charge in [-0.1, -0.05) is 27.7 Å². The standard InChI is InChI=1S/C8H17N/c1-5(2)6-7(9)8(6,3)4/h5-7H,9H2,1-4H3/t6-,7-/m0/s1. The van der Waals surface area contributed by atoms with Gasteiger partial charge in [-0.15, -0.1) is 0 Å². The maximum Gasteiger partial charge on any atom is 0.0130 e. The smallest absolute Gasteiger partial charge is 0.0130 e. The van der Waals surface area contributed by atoms with Crippen LogP contribution in [0.4, 0.5) is 0 Å². The maximum atomic E-state index is 5.85. The summed E-state index contributed by atoms with van der Waals surface area (Å²) in [6, 6.07) is 0.456. The quantitative estimate of drug-likeness (QED) is 0.569. The Morgan fingerprint density at radius 1 is 1.33 bits per heavy atom. The van der Waals surface area contributed by atoms with E-state index in [1.165, 1.54) is 0 Å². The van der Waals surface area contributed by atoms with Crippen LogP contribution in [0, 0.1) is 17.3 Å². The zero-order valence-electron chi connectivity index (χ0n) is 6.81. The molecule has 1 aliphatic carbocycles. The van der Waals surface area contributed by atoms with Gasteiger partial charge in [-0.25, -0.2) is 0 Å². The normalized spacial score (nSPS) is 39.3. The van der Waals surface area contributed by atoms with Gasteiger partial charge in [0.15, 0.2) is 0 Å². The molecule has 1 heteroatoms. The Labute approximate surface area is 57.6 Å². The van der Waals surface area contributed by atoms with Crippen LogP contribution in [0.1, 0.15) is 27.7 Å². The lowest BCUT2D eigenvalue weighted by Gasteiger charge is -2.03. The number of hydrogen-bond acceptors (Lipinski definition) is 1. The summed E-state index contributed by atoms with van der Waals surface area (Å²) in [4.78, 5) is 0. The molecule has 1 nitrogen and oxygen atoms in total. The lowest BCUT2D eigenvalue weighted by Crippen LogP contribution is -2.07. The van der Waals surface area contributed by atoms with E-state index in [9.17, 15) is 0 Å². The zero-order chi connectivity index (χ0) is 7.23. The Hall–Kier alpha value is -0.0400.